The monoisotopic (exact) mass is 592 g/mol. The number of rotatable bonds is 11. The summed E-state index contributed by atoms with van der Waals surface area (Å²) < 4.78 is 72.0. The fraction of sp³-hybridized carbons (Fsp3) is 0.222. The molecule has 3 N–H and O–H groups in total. The lowest BCUT2D eigenvalue weighted by Gasteiger charge is -2.14. The van der Waals surface area contributed by atoms with Crippen LogP contribution in [0, 0.1) is 11.6 Å². The Morgan fingerprint density at radius 3 is 2.29 bits per heavy atom. The Labute approximate surface area is 235 Å². The van der Waals surface area contributed by atoms with Crippen LogP contribution in [-0.2, 0) is 13.7 Å². The zero-order valence-electron chi connectivity index (χ0n) is 22.1. The Bertz CT molecular complexity index is 1630. The number of aromatic nitrogens is 3. The van der Waals surface area contributed by atoms with Crippen LogP contribution in [0.5, 0.6) is 17.4 Å². The van der Waals surface area contributed by atoms with Crippen molar-refractivity contribution in [3.8, 4) is 34.5 Å². The standard InChI is InChI=1S/C27H24F4N4O7/c1-34-24(22-18(28)11-17(40-2)12-19(22)29)23(33-25(38)15-3-5-16(6-4-15)42-27(30)31)26(39)35(34)20-9-14(13-37)10-21(32-20)41-8-7-36/h3-6,9-12,27,36-37H,7-8,13H2,1-2H3,(H,33,38). The summed E-state index contributed by atoms with van der Waals surface area (Å²) in [5.74, 6) is -3.72. The van der Waals surface area contributed by atoms with E-state index in [0.717, 1.165) is 45.8 Å². The van der Waals surface area contributed by atoms with Crippen molar-refractivity contribution in [1.82, 2.24) is 14.3 Å². The number of carbonyl (C=O) groups excluding carboxylic acids is 1. The van der Waals surface area contributed by atoms with Gasteiger partial charge in [-0.1, -0.05) is 0 Å². The second kappa shape index (κ2) is 12.7. The van der Waals surface area contributed by atoms with Gasteiger partial charge in [0.1, 0.15) is 41.1 Å². The summed E-state index contributed by atoms with van der Waals surface area (Å²) in [6.07, 6.45) is 0. The van der Waals surface area contributed by atoms with E-state index in [2.05, 4.69) is 15.0 Å². The summed E-state index contributed by atoms with van der Waals surface area (Å²) in [6, 6.07) is 8.96. The van der Waals surface area contributed by atoms with E-state index >= 15 is 8.78 Å². The quantitative estimate of drug-likeness (QED) is 0.226. The van der Waals surface area contributed by atoms with Gasteiger partial charge in [0.05, 0.1) is 25.9 Å². The van der Waals surface area contributed by atoms with Crippen molar-refractivity contribution < 1.29 is 46.8 Å². The average molecular weight is 593 g/mol. The van der Waals surface area contributed by atoms with Crippen molar-refractivity contribution >= 4 is 11.6 Å². The predicted molar refractivity (Wildman–Crippen MR) is 140 cm³/mol. The number of carbonyl (C=O) groups is 1. The minimum atomic E-state index is -3.09. The van der Waals surface area contributed by atoms with Gasteiger partial charge in [0.2, 0.25) is 5.88 Å². The maximum Gasteiger partial charge on any atom is 0.387 e. The number of ether oxygens (including phenoxy) is 3. The molecule has 0 spiro atoms. The molecule has 2 heterocycles. The summed E-state index contributed by atoms with van der Waals surface area (Å²) >= 11 is 0. The van der Waals surface area contributed by atoms with Crippen LogP contribution in [0.3, 0.4) is 0 Å². The molecule has 1 amide bonds. The van der Waals surface area contributed by atoms with E-state index in [9.17, 15) is 23.5 Å². The number of hydrogen-bond donors (Lipinski definition) is 3. The Kier molecular flexibility index (Phi) is 9.12. The molecule has 0 aliphatic rings. The molecule has 0 saturated carbocycles. The summed E-state index contributed by atoms with van der Waals surface area (Å²) in [4.78, 5) is 31.1. The van der Waals surface area contributed by atoms with Gasteiger partial charge in [0, 0.05) is 30.8 Å². The van der Waals surface area contributed by atoms with Crippen LogP contribution < -0.4 is 25.1 Å². The lowest BCUT2D eigenvalue weighted by atomic mass is 10.1. The molecule has 0 unspecified atom stereocenters. The highest BCUT2D eigenvalue weighted by molar-refractivity contribution is 6.06. The predicted octanol–water partition coefficient (Wildman–Crippen LogP) is 3.24. The number of methoxy groups -OCH3 is 1. The summed E-state index contributed by atoms with van der Waals surface area (Å²) in [7, 11) is 2.49. The Hall–Kier alpha value is -4.89. The summed E-state index contributed by atoms with van der Waals surface area (Å²) in [5, 5.41) is 21.2. The molecule has 15 heteroatoms. The highest BCUT2D eigenvalue weighted by Gasteiger charge is 2.28. The van der Waals surface area contributed by atoms with Crippen molar-refractivity contribution in [1.29, 1.82) is 0 Å². The fourth-order valence-electron chi connectivity index (χ4n) is 4.10. The number of nitrogens with one attached hydrogen (secondary N) is 1. The highest BCUT2D eigenvalue weighted by atomic mass is 19.3. The van der Waals surface area contributed by atoms with Crippen molar-refractivity contribution in [3.05, 3.63) is 81.6 Å². The van der Waals surface area contributed by atoms with Gasteiger partial charge in [-0.05, 0) is 35.9 Å². The third kappa shape index (κ3) is 6.21. The normalized spacial score (nSPS) is 11.1. The van der Waals surface area contributed by atoms with E-state index in [4.69, 9.17) is 14.6 Å². The number of hydrogen-bond acceptors (Lipinski definition) is 8. The highest BCUT2D eigenvalue weighted by Crippen LogP contribution is 2.34. The Morgan fingerprint density at radius 2 is 1.71 bits per heavy atom. The second-order valence-corrected chi connectivity index (χ2v) is 8.59. The van der Waals surface area contributed by atoms with Crippen molar-refractivity contribution in [2.45, 2.75) is 13.2 Å². The first-order valence-electron chi connectivity index (χ1n) is 12.1. The number of halogens is 4. The number of pyridine rings is 1. The lowest BCUT2D eigenvalue weighted by Crippen LogP contribution is -2.24. The molecule has 0 aliphatic heterocycles. The Balaban J connectivity index is 1.90. The molecule has 0 radical (unpaired) electrons. The van der Waals surface area contributed by atoms with Gasteiger partial charge in [0.25, 0.3) is 11.5 Å². The molecule has 2 aromatic carbocycles. The van der Waals surface area contributed by atoms with Crippen LogP contribution in [0.4, 0.5) is 23.2 Å². The van der Waals surface area contributed by atoms with E-state index in [0.29, 0.717) is 0 Å². The molecule has 42 heavy (non-hydrogen) atoms. The molecular formula is C27H24F4N4O7. The molecule has 2 aromatic heterocycles. The fourth-order valence-corrected chi connectivity index (χ4v) is 4.10. The van der Waals surface area contributed by atoms with E-state index < -0.39 is 53.3 Å². The molecule has 11 nitrogen and oxygen atoms in total. The van der Waals surface area contributed by atoms with Crippen LogP contribution >= 0.6 is 0 Å². The molecule has 0 bridgehead atoms. The summed E-state index contributed by atoms with van der Waals surface area (Å²) in [5.41, 5.74) is -2.43. The van der Waals surface area contributed by atoms with Gasteiger partial charge in [-0.25, -0.2) is 8.78 Å². The topological polar surface area (TPSA) is 137 Å². The zero-order chi connectivity index (χ0) is 30.6. The van der Waals surface area contributed by atoms with Gasteiger partial charge in [-0.3, -0.25) is 14.3 Å². The third-order valence-electron chi connectivity index (χ3n) is 5.92. The van der Waals surface area contributed by atoms with Gasteiger partial charge in [-0.15, -0.1) is 0 Å². The number of aliphatic hydroxyl groups excluding tert-OH is 2. The molecular weight excluding hydrogens is 568 g/mol. The van der Waals surface area contributed by atoms with E-state index in [1.54, 1.807) is 0 Å². The molecule has 0 aliphatic carbocycles. The maximum atomic E-state index is 15.3. The van der Waals surface area contributed by atoms with Gasteiger partial charge < -0.3 is 29.7 Å². The minimum Gasteiger partial charge on any atom is -0.497 e. The smallest absolute Gasteiger partial charge is 0.387 e. The number of alkyl halides is 2. The van der Waals surface area contributed by atoms with Crippen LogP contribution in [0.15, 0.2) is 53.3 Å². The third-order valence-corrected chi connectivity index (χ3v) is 5.92. The van der Waals surface area contributed by atoms with Crippen molar-refractivity contribution in [3.63, 3.8) is 0 Å². The number of benzene rings is 2. The number of aliphatic hydroxyl groups is 2. The zero-order valence-corrected chi connectivity index (χ0v) is 22.1. The molecule has 0 fully saturated rings. The van der Waals surface area contributed by atoms with Crippen LogP contribution in [-0.4, -0.2) is 57.4 Å². The van der Waals surface area contributed by atoms with Crippen molar-refractivity contribution in [2.75, 3.05) is 25.6 Å². The van der Waals surface area contributed by atoms with E-state index in [1.165, 1.54) is 26.3 Å². The van der Waals surface area contributed by atoms with Crippen LogP contribution in [0.1, 0.15) is 15.9 Å². The Morgan fingerprint density at radius 1 is 1.05 bits per heavy atom. The second-order valence-electron chi connectivity index (χ2n) is 8.59. The molecule has 4 rings (SSSR count). The SMILES string of the molecule is COc1cc(F)c(-c2c(NC(=O)c3ccc(OC(F)F)cc3)c(=O)n(-c3cc(CO)cc(OCCO)n3)n2C)c(F)c1. The first-order chi connectivity index (χ1) is 20.1. The molecule has 0 atom stereocenters. The van der Waals surface area contributed by atoms with Crippen LogP contribution in [0.2, 0.25) is 0 Å². The van der Waals surface area contributed by atoms with Gasteiger partial charge in [0.15, 0.2) is 5.82 Å². The van der Waals surface area contributed by atoms with Crippen LogP contribution in [0.25, 0.3) is 17.1 Å². The maximum absolute atomic E-state index is 15.3. The average Bonchev–Trinajstić information content (AvgIpc) is 3.19. The van der Waals surface area contributed by atoms with Gasteiger partial charge >= 0.3 is 6.61 Å². The molecule has 4 aromatic rings. The number of anilines is 1. The number of nitrogens with zero attached hydrogens (tertiary/aromatic N) is 3. The number of amides is 1. The molecule has 0 saturated heterocycles. The van der Waals surface area contributed by atoms with E-state index in [-0.39, 0.29) is 47.5 Å². The first-order valence-corrected chi connectivity index (χ1v) is 12.1. The van der Waals surface area contributed by atoms with E-state index in [1.807, 2.05) is 0 Å². The molecule has 222 valence electrons. The largest absolute Gasteiger partial charge is 0.497 e. The van der Waals surface area contributed by atoms with Crippen molar-refractivity contribution in [2.24, 2.45) is 7.05 Å². The van der Waals surface area contributed by atoms with Gasteiger partial charge in [-0.2, -0.15) is 18.4 Å². The minimum absolute atomic E-state index is 0.0706. The summed E-state index contributed by atoms with van der Waals surface area (Å²) in [6.45, 7) is -4.08. The first kappa shape index (κ1) is 30.1. The lowest BCUT2D eigenvalue weighted by molar-refractivity contribution is -0.0498.